The number of carbonyl (C=O) groups is 1. The van der Waals surface area contributed by atoms with E-state index in [1.54, 1.807) is 25.9 Å². The summed E-state index contributed by atoms with van der Waals surface area (Å²) < 4.78 is 32.1. The minimum Gasteiger partial charge on any atom is -0.383 e. The molecule has 0 aliphatic rings. The van der Waals surface area contributed by atoms with Crippen molar-refractivity contribution in [1.82, 2.24) is 9.21 Å². The molecule has 0 aliphatic heterocycles. The van der Waals surface area contributed by atoms with Gasteiger partial charge in [0.1, 0.15) is 0 Å². The lowest BCUT2D eigenvalue weighted by Crippen LogP contribution is -2.35. The summed E-state index contributed by atoms with van der Waals surface area (Å²) in [7, 11) is -0.660. The van der Waals surface area contributed by atoms with Gasteiger partial charge in [-0.25, -0.2) is 8.42 Å². The highest BCUT2D eigenvalue weighted by atomic mass is 35.5. The molecule has 0 heterocycles. The molecule has 6 nitrogen and oxygen atoms in total. The van der Waals surface area contributed by atoms with Crippen molar-refractivity contribution in [1.29, 1.82) is 0 Å². The van der Waals surface area contributed by atoms with E-state index in [0.29, 0.717) is 19.7 Å². The summed E-state index contributed by atoms with van der Waals surface area (Å²) in [6.45, 7) is 4.63. The molecule has 0 aromatic heterocycles. The number of hydrogen-bond acceptors (Lipinski definition) is 4. The van der Waals surface area contributed by atoms with Gasteiger partial charge in [-0.2, -0.15) is 4.31 Å². The van der Waals surface area contributed by atoms with Crippen LogP contribution in [0.2, 0.25) is 5.02 Å². The third-order valence-electron chi connectivity index (χ3n) is 4.64. The molecule has 2 rings (SSSR count). The van der Waals surface area contributed by atoms with Gasteiger partial charge in [0.25, 0.3) is 5.91 Å². The van der Waals surface area contributed by atoms with E-state index in [1.807, 2.05) is 30.3 Å². The maximum Gasteiger partial charge on any atom is 0.255 e. The third kappa shape index (κ3) is 5.79. The molecule has 0 N–H and O–H groups in total. The molecular formula is C21H27ClN2O4S. The highest BCUT2D eigenvalue weighted by molar-refractivity contribution is 7.89. The molecule has 2 aromatic rings. The summed E-state index contributed by atoms with van der Waals surface area (Å²) in [4.78, 5) is 14.9. The van der Waals surface area contributed by atoms with Gasteiger partial charge in [0, 0.05) is 33.3 Å². The average molecular weight is 439 g/mol. The summed E-state index contributed by atoms with van der Waals surface area (Å²) in [6.07, 6.45) is 0. The Hall–Kier alpha value is -1.93. The fourth-order valence-electron chi connectivity index (χ4n) is 2.70. The van der Waals surface area contributed by atoms with Gasteiger partial charge in [-0.1, -0.05) is 41.9 Å². The standard InChI is InChI=1S/C21H27ClN2O4S/c1-16(2)23(3)29(26,27)18-10-11-20(22)19(14-18)21(25)24(12-13-28-4)15-17-8-6-5-7-9-17/h5-11,14,16H,12-13,15H2,1-4H3. The molecule has 0 aliphatic carbocycles. The van der Waals surface area contributed by atoms with Crippen LogP contribution in [-0.2, 0) is 21.3 Å². The van der Waals surface area contributed by atoms with Gasteiger partial charge >= 0.3 is 0 Å². The maximum atomic E-state index is 13.2. The second-order valence-electron chi connectivity index (χ2n) is 6.96. The lowest BCUT2D eigenvalue weighted by Gasteiger charge is -2.24. The first-order valence-corrected chi connectivity index (χ1v) is 11.1. The minimum absolute atomic E-state index is 0.0350. The van der Waals surface area contributed by atoms with Crippen LogP contribution in [0.4, 0.5) is 0 Å². The third-order valence-corrected chi connectivity index (χ3v) is 7.00. The first-order valence-electron chi connectivity index (χ1n) is 9.28. The Bertz CT molecular complexity index is 933. The highest BCUT2D eigenvalue weighted by Gasteiger charge is 2.26. The number of ether oxygens (including phenoxy) is 1. The summed E-state index contributed by atoms with van der Waals surface area (Å²) in [6, 6.07) is 13.6. The largest absolute Gasteiger partial charge is 0.383 e. The molecule has 0 radical (unpaired) electrons. The highest BCUT2D eigenvalue weighted by Crippen LogP contribution is 2.25. The fraction of sp³-hybridized carbons (Fsp3) is 0.381. The molecule has 0 saturated heterocycles. The number of hydrogen-bond donors (Lipinski definition) is 0. The molecule has 2 aromatic carbocycles. The molecule has 0 saturated carbocycles. The Balaban J connectivity index is 2.40. The first kappa shape index (κ1) is 23.3. The first-order chi connectivity index (χ1) is 13.7. The smallest absolute Gasteiger partial charge is 0.255 e. The van der Waals surface area contributed by atoms with E-state index in [2.05, 4.69) is 0 Å². The van der Waals surface area contributed by atoms with Crippen LogP contribution >= 0.6 is 11.6 Å². The SMILES string of the molecule is COCCN(Cc1ccccc1)C(=O)c1cc(S(=O)(=O)N(C)C(C)C)ccc1Cl. The van der Waals surface area contributed by atoms with E-state index in [1.165, 1.54) is 29.6 Å². The van der Waals surface area contributed by atoms with Gasteiger partial charge in [-0.15, -0.1) is 0 Å². The van der Waals surface area contributed by atoms with Crippen LogP contribution in [0.15, 0.2) is 53.4 Å². The van der Waals surface area contributed by atoms with Crippen molar-refractivity contribution in [2.75, 3.05) is 27.3 Å². The van der Waals surface area contributed by atoms with E-state index < -0.39 is 10.0 Å². The summed E-state index contributed by atoms with van der Waals surface area (Å²) >= 11 is 6.28. The Morgan fingerprint density at radius 1 is 1.14 bits per heavy atom. The number of benzene rings is 2. The summed E-state index contributed by atoms with van der Waals surface area (Å²) in [5, 5.41) is 0.205. The second-order valence-corrected chi connectivity index (χ2v) is 9.37. The van der Waals surface area contributed by atoms with Gasteiger partial charge < -0.3 is 9.64 Å². The molecular weight excluding hydrogens is 412 g/mol. The van der Waals surface area contributed by atoms with Gasteiger partial charge in [-0.05, 0) is 37.6 Å². The van der Waals surface area contributed by atoms with Crippen LogP contribution in [-0.4, -0.2) is 56.9 Å². The van der Waals surface area contributed by atoms with Gasteiger partial charge in [0.15, 0.2) is 0 Å². The van der Waals surface area contributed by atoms with Crippen LogP contribution in [0, 0.1) is 0 Å². The number of methoxy groups -OCH3 is 1. The molecule has 29 heavy (non-hydrogen) atoms. The summed E-state index contributed by atoms with van der Waals surface area (Å²) in [5.41, 5.74) is 1.10. The molecule has 0 unspecified atom stereocenters. The lowest BCUT2D eigenvalue weighted by molar-refractivity contribution is 0.0680. The van der Waals surface area contributed by atoms with E-state index in [-0.39, 0.29) is 27.4 Å². The van der Waals surface area contributed by atoms with Crippen LogP contribution in [0.5, 0.6) is 0 Å². The number of sulfonamides is 1. The molecule has 0 atom stereocenters. The van der Waals surface area contributed by atoms with Crippen LogP contribution < -0.4 is 0 Å². The Morgan fingerprint density at radius 3 is 2.38 bits per heavy atom. The fourth-order valence-corrected chi connectivity index (χ4v) is 4.29. The predicted molar refractivity (Wildman–Crippen MR) is 115 cm³/mol. The lowest BCUT2D eigenvalue weighted by atomic mass is 10.1. The monoisotopic (exact) mass is 438 g/mol. The van der Waals surface area contributed by atoms with Crippen molar-refractivity contribution in [3.05, 3.63) is 64.7 Å². The van der Waals surface area contributed by atoms with Crippen LogP contribution in [0.1, 0.15) is 29.8 Å². The normalized spacial score (nSPS) is 11.8. The van der Waals surface area contributed by atoms with Crippen molar-refractivity contribution in [3.63, 3.8) is 0 Å². The summed E-state index contributed by atoms with van der Waals surface area (Å²) in [5.74, 6) is -0.347. The maximum absolute atomic E-state index is 13.2. The van der Waals surface area contributed by atoms with Crippen molar-refractivity contribution in [2.45, 2.75) is 31.3 Å². The number of rotatable bonds is 9. The molecule has 0 spiro atoms. The zero-order valence-electron chi connectivity index (χ0n) is 17.1. The topological polar surface area (TPSA) is 66.9 Å². The van der Waals surface area contributed by atoms with E-state index in [4.69, 9.17) is 16.3 Å². The number of halogens is 1. The molecule has 8 heteroatoms. The van der Waals surface area contributed by atoms with E-state index >= 15 is 0 Å². The van der Waals surface area contributed by atoms with Crippen molar-refractivity contribution >= 4 is 27.5 Å². The van der Waals surface area contributed by atoms with Crippen LogP contribution in [0.3, 0.4) is 0 Å². The number of nitrogens with zero attached hydrogens (tertiary/aromatic N) is 2. The molecule has 0 bridgehead atoms. The van der Waals surface area contributed by atoms with Gasteiger partial charge in [0.2, 0.25) is 10.0 Å². The number of amides is 1. The van der Waals surface area contributed by atoms with Gasteiger partial charge in [0.05, 0.1) is 22.1 Å². The molecule has 0 fully saturated rings. The van der Waals surface area contributed by atoms with Crippen LogP contribution in [0.25, 0.3) is 0 Å². The van der Waals surface area contributed by atoms with Crippen molar-refractivity contribution in [3.8, 4) is 0 Å². The van der Waals surface area contributed by atoms with Crippen molar-refractivity contribution < 1.29 is 17.9 Å². The van der Waals surface area contributed by atoms with Gasteiger partial charge in [-0.3, -0.25) is 4.79 Å². The Kier molecular flexibility index (Phi) is 8.22. The Morgan fingerprint density at radius 2 is 1.79 bits per heavy atom. The van der Waals surface area contributed by atoms with Crippen molar-refractivity contribution in [2.24, 2.45) is 0 Å². The second kappa shape index (κ2) is 10.2. The van der Waals surface area contributed by atoms with E-state index in [0.717, 1.165) is 5.56 Å². The molecule has 1 amide bonds. The predicted octanol–water partition coefficient (Wildman–Crippen LogP) is 3.66. The zero-order chi connectivity index (χ0) is 21.6. The number of carbonyl (C=O) groups excluding carboxylic acids is 1. The minimum atomic E-state index is -3.73. The molecule has 158 valence electrons. The quantitative estimate of drug-likeness (QED) is 0.599. The Labute approximate surface area is 178 Å². The van der Waals surface area contributed by atoms with E-state index in [9.17, 15) is 13.2 Å². The average Bonchev–Trinajstić information content (AvgIpc) is 2.70. The zero-order valence-corrected chi connectivity index (χ0v) is 18.7.